The molecule has 3 rings (SSSR count). The number of anilines is 2. The van der Waals surface area contributed by atoms with Gasteiger partial charge >= 0.3 is 0 Å². The Kier molecular flexibility index (Phi) is 5.42. The minimum absolute atomic E-state index is 0.169. The maximum atomic E-state index is 12.8. The molecule has 1 fully saturated rings. The van der Waals surface area contributed by atoms with Crippen molar-refractivity contribution in [2.24, 2.45) is 5.92 Å². The Morgan fingerprint density at radius 2 is 1.88 bits per heavy atom. The number of amides is 1. The molecular formula is C18H21FN4O2. The molecule has 1 aromatic carbocycles. The van der Waals surface area contributed by atoms with Crippen LogP contribution in [0.1, 0.15) is 19.8 Å². The number of hydrogen-bond donors (Lipinski definition) is 1. The zero-order valence-corrected chi connectivity index (χ0v) is 14.1. The van der Waals surface area contributed by atoms with Crippen molar-refractivity contribution in [1.29, 1.82) is 0 Å². The molecule has 0 radical (unpaired) electrons. The van der Waals surface area contributed by atoms with Gasteiger partial charge in [0, 0.05) is 13.1 Å². The quantitative estimate of drug-likeness (QED) is 0.903. The van der Waals surface area contributed by atoms with Crippen LogP contribution in [0.15, 0.2) is 36.7 Å². The van der Waals surface area contributed by atoms with Crippen LogP contribution >= 0.6 is 0 Å². The first-order valence-corrected chi connectivity index (χ1v) is 8.35. The van der Waals surface area contributed by atoms with Gasteiger partial charge in [0.15, 0.2) is 6.61 Å². The van der Waals surface area contributed by atoms with Crippen molar-refractivity contribution in [2.45, 2.75) is 19.8 Å². The van der Waals surface area contributed by atoms with E-state index in [1.165, 1.54) is 24.3 Å². The van der Waals surface area contributed by atoms with Gasteiger partial charge in [-0.1, -0.05) is 6.92 Å². The monoisotopic (exact) mass is 344 g/mol. The summed E-state index contributed by atoms with van der Waals surface area (Å²) in [5, 5.41) is 2.68. The molecule has 0 bridgehead atoms. The Labute approximate surface area is 146 Å². The molecule has 25 heavy (non-hydrogen) atoms. The molecular weight excluding hydrogens is 323 g/mol. The first kappa shape index (κ1) is 17.1. The van der Waals surface area contributed by atoms with Crippen LogP contribution in [0.5, 0.6) is 5.75 Å². The average Bonchev–Trinajstić information content (AvgIpc) is 2.63. The summed E-state index contributed by atoms with van der Waals surface area (Å²) in [5.41, 5.74) is 0.516. The molecule has 1 N–H and O–H groups in total. The maximum Gasteiger partial charge on any atom is 0.262 e. The minimum Gasteiger partial charge on any atom is -0.484 e. The summed E-state index contributed by atoms with van der Waals surface area (Å²) in [4.78, 5) is 22.7. The Hall–Kier alpha value is -2.70. The number of nitrogens with one attached hydrogen (secondary N) is 1. The standard InChI is InChI=1S/C18H21FN4O2/c1-13-6-8-23(9-7-13)18-20-10-15(11-21-18)22-17(24)12-25-16-4-2-14(19)3-5-16/h2-5,10-11,13H,6-9,12H2,1H3,(H,22,24). The predicted molar refractivity (Wildman–Crippen MR) is 93.2 cm³/mol. The van der Waals surface area contributed by atoms with Crippen LogP contribution < -0.4 is 15.0 Å². The number of aromatic nitrogens is 2. The van der Waals surface area contributed by atoms with E-state index in [4.69, 9.17) is 4.74 Å². The molecule has 132 valence electrons. The minimum atomic E-state index is -0.350. The summed E-state index contributed by atoms with van der Waals surface area (Å²) in [6, 6.07) is 5.50. The van der Waals surface area contributed by atoms with Crippen molar-refractivity contribution in [3.05, 3.63) is 42.5 Å². The van der Waals surface area contributed by atoms with E-state index in [1.54, 1.807) is 12.4 Å². The highest BCUT2D eigenvalue weighted by molar-refractivity contribution is 5.91. The van der Waals surface area contributed by atoms with E-state index >= 15 is 0 Å². The van der Waals surface area contributed by atoms with Crippen molar-refractivity contribution in [1.82, 2.24) is 9.97 Å². The topological polar surface area (TPSA) is 67.4 Å². The van der Waals surface area contributed by atoms with Gasteiger partial charge in [-0.25, -0.2) is 14.4 Å². The van der Waals surface area contributed by atoms with E-state index in [0.29, 0.717) is 17.4 Å². The normalized spacial score (nSPS) is 15.0. The van der Waals surface area contributed by atoms with E-state index in [1.807, 2.05) is 0 Å². The van der Waals surface area contributed by atoms with E-state index in [0.717, 1.165) is 31.8 Å². The third kappa shape index (κ3) is 4.89. The van der Waals surface area contributed by atoms with Gasteiger partial charge < -0.3 is 15.0 Å². The van der Waals surface area contributed by atoms with Crippen LogP contribution in [-0.4, -0.2) is 35.6 Å². The van der Waals surface area contributed by atoms with Gasteiger partial charge in [0.25, 0.3) is 5.91 Å². The highest BCUT2D eigenvalue weighted by Gasteiger charge is 2.17. The third-order valence-electron chi connectivity index (χ3n) is 4.17. The number of hydrogen-bond acceptors (Lipinski definition) is 5. The van der Waals surface area contributed by atoms with Gasteiger partial charge in [-0.2, -0.15) is 0 Å². The molecule has 1 aliphatic heterocycles. The van der Waals surface area contributed by atoms with Crippen molar-refractivity contribution >= 4 is 17.5 Å². The molecule has 1 aromatic heterocycles. The lowest BCUT2D eigenvalue weighted by Crippen LogP contribution is -2.34. The Morgan fingerprint density at radius 1 is 1.24 bits per heavy atom. The van der Waals surface area contributed by atoms with Crippen molar-refractivity contribution in [2.75, 3.05) is 29.9 Å². The fourth-order valence-electron chi connectivity index (χ4n) is 2.63. The van der Waals surface area contributed by atoms with Crippen molar-refractivity contribution < 1.29 is 13.9 Å². The first-order chi connectivity index (χ1) is 12.1. The second-order valence-electron chi connectivity index (χ2n) is 6.23. The average molecular weight is 344 g/mol. The molecule has 0 atom stereocenters. The molecule has 0 spiro atoms. The van der Waals surface area contributed by atoms with Crippen molar-refractivity contribution in [3.63, 3.8) is 0 Å². The Balaban J connectivity index is 1.49. The second-order valence-corrected chi connectivity index (χ2v) is 6.23. The lowest BCUT2D eigenvalue weighted by atomic mass is 10.00. The number of rotatable bonds is 5. The summed E-state index contributed by atoms with van der Waals surface area (Å²) in [6.45, 7) is 4.00. The number of ether oxygens (including phenoxy) is 1. The van der Waals surface area contributed by atoms with Crippen LogP contribution in [0.4, 0.5) is 16.0 Å². The Bertz CT molecular complexity index is 698. The highest BCUT2D eigenvalue weighted by Crippen LogP contribution is 2.20. The zero-order valence-electron chi connectivity index (χ0n) is 14.1. The molecule has 1 saturated heterocycles. The summed E-state index contributed by atoms with van der Waals surface area (Å²) in [7, 11) is 0. The lowest BCUT2D eigenvalue weighted by molar-refractivity contribution is -0.118. The van der Waals surface area contributed by atoms with Gasteiger partial charge in [0.2, 0.25) is 5.95 Å². The van der Waals surface area contributed by atoms with E-state index < -0.39 is 0 Å². The number of nitrogens with zero attached hydrogens (tertiary/aromatic N) is 3. The molecule has 1 amide bonds. The molecule has 7 heteroatoms. The van der Waals surface area contributed by atoms with Crippen LogP contribution in [0, 0.1) is 11.7 Å². The van der Waals surface area contributed by atoms with Crippen LogP contribution in [0.3, 0.4) is 0 Å². The molecule has 1 aliphatic rings. The number of halogens is 1. The fourth-order valence-corrected chi connectivity index (χ4v) is 2.63. The van der Waals surface area contributed by atoms with Gasteiger partial charge in [-0.3, -0.25) is 4.79 Å². The maximum absolute atomic E-state index is 12.8. The van der Waals surface area contributed by atoms with Crippen LogP contribution in [-0.2, 0) is 4.79 Å². The second kappa shape index (κ2) is 7.92. The fraction of sp³-hybridized carbons (Fsp3) is 0.389. The van der Waals surface area contributed by atoms with E-state index in [-0.39, 0.29) is 18.3 Å². The van der Waals surface area contributed by atoms with Crippen LogP contribution in [0.2, 0.25) is 0 Å². The SMILES string of the molecule is CC1CCN(c2ncc(NC(=O)COc3ccc(F)cc3)cn2)CC1. The predicted octanol–water partition coefficient (Wildman–Crippen LogP) is 2.87. The number of benzene rings is 1. The third-order valence-corrected chi connectivity index (χ3v) is 4.17. The molecule has 0 unspecified atom stereocenters. The molecule has 6 nitrogen and oxygen atoms in total. The number of carbonyl (C=O) groups excluding carboxylic acids is 1. The molecule has 2 heterocycles. The summed E-state index contributed by atoms with van der Waals surface area (Å²) >= 11 is 0. The molecule has 2 aromatic rings. The van der Waals surface area contributed by atoms with Gasteiger partial charge in [0.1, 0.15) is 11.6 Å². The first-order valence-electron chi connectivity index (χ1n) is 8.35. The Morgan fingerprint density at radius 3 is 2.52 bits per heavy atom. The molecule has 0 saturated carbocycles. The van der Waals surface area contributed by atoms with E-state index in [2.05, 4.69) is 27.1 Å². The van der Waals surface area contributed by atoms with Gasteiger partial charge in [-0.05, 0) is 43.0 Å². The summed E-state index contributed by atoms with van der Waals surface area (Å²) in [5.74, 6) is 1.19. The number of piperidine rings is 1. The zero-order chi connectivity index (χ0) is 17.6. The summed E-state index contributed by atoms with van der Waals surface area (Å²) < 4.78 is 18.1. The van der Waals surface area contributed by atoms with Gasteiger partial charge in [0.05, 0.1) is 18.1 Å². The van der Waals surface area contributed by atoms with E-state index in [9.17, 15) is 9.18 Å². The largest absolute Gasteiger partial charge is 0.484 e. The number of carbonyl (C=O) groups is 1. The smallest absolute Gasteiger partial charge is 0.262 e. The highest BCUT2D eigenvalue weighted by atomic mass is 19.1. The van der Waals surface area contributed by atoms with Crippen LogP contribution in [0.25, 0.3) is 0 Å². The lowest BCUT2D eigenvalue weighted by Gasteiger charge is -2.30. The van der Waals surface area contributed by atoms with Crippen molar-refractivity contribution in [3.8, 4) is 5.75 Å². The molecule has 0 aliphatic carbocycles. The summed E-state index contributed by atoms with van der Waals surface area (Å²) in [6.07, 6.45) is 5.47. The van der Waals surface area contributed by atoms with Gasteiger partial charge in [-0.15, -0.1) is 0 Å².